The van der Waals surface area contributed by atoms with Crippen molar-refractivity contribution in [3.05, 3.63) is 22.4 Å². The molecule has 0 bridgehead atoms. The van der Waals surface area contributed by atoms with E-state index in [0.29, 0.717) is 6.54 Å². The molecule has 1 heterocycles. The van der Waals surface area contributed by atoms with Gasteiger partial charge in [-0.25, -0.2) is 0 Å². The Balaban J connectivity index is 2.29. The molecule has 0 aliphatic rings. The van der Waals surface area contributed by atoms with Crippen LogP contribution in [-0.4, -0.2) is 29.6 Å². The number of carbonyl (C=O) groups is 2. The third-order valence-electron chi connectivity index (χ3n) is 2.46. The molecule has 5 nitrogen and oxygen atoms in total. The molecule has 1 rings (SSSR count). The molecule has 1 aromatic heterocycles. The fraction of sp³-hybridized carbons (Fsp3) is 0.500. The van der Waals surface area contributed by atoms with Crippen LogP contribution in [-0.2, 0) is 16.1 Å². The molecule has 6 heteroatoms. The Kier molecular flexibility index (Phi) is 5.80. The van der Waals surface area contributed by atoms with E-state index in [1.165, 1.54) is 0 Å². The predicted molar refractivity (Wildman–Crippen MR) is 70.4 cm³/mol. The number of carboxylic acids is 1. The Morgan fingerprint density at radius 3 is 2.67 bits per heavy atom. The van der Waals surface area contributed by atoms with Crippen molar-refractivity contribution < 1.29 is 14.7 Å². The molecule has 0 aliphatic heterocycles. The summed E-state index contributed by atoms with van der Waals surface area (Å²) in [7, 11) is 0. The first-order valence-electron chi connectivity index (χ1n) is 5.76. The normalized spacial score (nSPS) is 12.4. The maximum absolute atomic E-state index is 11.5. The number of carbonyl (C=O) groups excluding carboxylic acids is 1. The third kappa shape index (κ3) is 4.85. The molecule has 0 aliphatic carbocycles. The number of aliphatic carboxylic acids is 1. The zero-order chi connectivity index (χ0) is 13.5. The summed E-state index contributed by atoms with van der Waals surface area (Å²) in [6.45, 7) is 4.10. The number of amides is 1. The van der Waals surface area contributed by atoms with Gasteiger partial charge >= 0.3 is 5.97 Å². The fourth-order valence-electron chi connectivity index (χ4n) is 1.47. The van der Waals surface area contributed by atoms with Crippen molar-refractivity contribution in [3.8, 4) is 0 Å². The molecular weight excluding hydrogens is 252 g/mol. The summed E-state index contributed by atoms with van der Waals surface area (Å²) in [5, 5.41) is 16.4. The third-order valence-corrected chi connectivity index (χ3v) is 3.33. The highest BCUT2D eigenvalue weighted by molar-refractivity contribution is 7.09. The lowest BCUT2D eigenvalue weighted by molar-refractivity contribution is -0.140. The number of rotatable bonds is 7. The summed E-state index contributed by atoms with van der Waals surface area (Å²) >= 11 is 1.57. The molecule has 100 valence electrons. The van der Waals surface area contributed by atoms with Gasteiger partial charge in [0.15, 0.2) is 0 Å². The molecule has 0 fully saturated rings. The average Bonchev–Trinajstić information content (AvgIpc) is 2.78. The van der Waals surface area contributed by atoms with Crippen molar-refractivity contribution in [2.45, 2.75) is 26.4 Å². The quantitative estimate of drug-likeness (QED) is 0.692. The zero-order valence-corrected chi connectivity index (χ0v) is 11.3. The Labute approximate surface area is 110 Å². The van der Waals surface area contributed by atoms with Gasteiger partial charge in [0.05, 0.1) is 13.1 Å². The molecule has 1 amide bonds. The summed E-state index contributed by atoms with van der Waals surface area (Å²) in [4.78, 5) is 23.5. The number of hydrogen-bond donors (Lipinski definition) is 3. The molecule has 0 aromatic carbocycles. The summed E-state index contributed by atoms with van der Waals surface area (Å²) in [6, 6.07) is 3.16. The molecule has 0 spiro atoms. The molecule has 0 radical (unpaired) electrons. The number of nitrogens with one attached hydrogen (secondary N) is 2. The highest BCUT2D eigenvalue weighted by Gasteiger charge is 2.21. The second-order valence-electron chi connectivity index (χ2n) is 4.30. The van der Waals surface area contributed by atoms with Gasteiger partial charge in [-0.2, -0.15) is 0 Å². The summed E-state index contributed by atoms with van der Waals surface area (Å²) in [6.07, 6.45) is 0. The SMILES string of the molecule is CC(C)C(NCC(=O)NCc1cccs1)C(=O)O. The van der Waals surface area contributed by atoms with Crippen LogP contribution in [0.4, 0.5) is 0 Å². The van der Waals surface area contributed by atoms with Gasteiger partial charge in [0.1, 0.15) is 6.04 Å². The largest absolute Gasteiger partial charge is 0.480 e. The second-order valence-corrected chi connectivity index (χ2v) is 5.33. The van der Waals surface area contributed by atoms with Crippen LogP contribution >= 0.6 is 11.3 Å². The van der Waals surface area contributed by atoms with Gasteiger partial charge in [0.25, 0.3) is 0 Å². The van der Waals surface area contributed by atoms with Crippen LogP contribution in [0.2, 0.25) is 0 Å². The summed E-state index contributed by atoms with van der Waals surface area (Å²) in [5.41, 5.74) is 0. The van der Waals surface area contributed by atoms with Gasteiger partial charge in [-0.15, -0.1) is 11.3 Å². The van der Waals surface area contributed by atoms with Gasteiger partial charge in [0, 0.05) is 4.88 Å². The van der Waals surface area contributed by atoms with E-state index >= 15 is 0 Å². The minimum absolute atomic E-state index is 0.0144. The highest BCUT2D eigenvalue weighted by atomic mass is 32.1. The number of thiophene rings is 1. The first-order valence-corrected chi connectivity index (χ1v) is 6.64. The van der Waals surface area contributed by atoms with Crippen molar-refractivity contribution in [3.63, 3.8) is 0 Å². The lowest BCUT2D eigenvalue weighted by atomic mass is 10.1. The lowest BCUT2D eigenvalue weighted by Crippen LogP contribution is -2.45. The van der Waals surface area contributed by atoms with Crippen molar-refractivity contribution in [1.82, 2.24) is 10.6 Å². The Morgan fingerprint density at radius 2 is 2.17 bits per heavy atom. The van der Waals surface area contributed by atoms with E-state index in [2.05, 4.69) is 10.6 Å². The Bertz CT molecular complexity index is 390. The molecular formula is C12H18N2O3S. The number of carboxylic acid groups (broad SMARTS) is 1. The van der Waals surface area contributed by atoms with Crippen molar-refractivity contribution in [1.29, 1.82) is 0 Å². The van der Waals surface area contributed by atoms with E-state index < -0.39 is 12.0 Å². The highest BCUT2D eigenvalue weighted by Crippen LogP contribution is 2.07. The van der Waals surface area contributed by atoms with Crippen molar-refractivity contribution in [2.75, 3.05) is 6.54 Å². The Hall–Kier alpha value is -1.40. The van der Waals surface area contributed by atoms with E-state index in [0.717, 1.165) is 4.88 Å². The minimum Gasteiger partial charge on any atom is -0.480 e. The van der Waals surface area contributed by atoms with Crippen molar-refractivity contribution >= 4 is 23.2 Å². The molecule has 1 atom stereocenters. The first kappa shape index (κ1) is 14.7. The van der Waals surface area contributed by atoms with E-state index in [1.807, 2.05) is 17.5 Å². The maximum atomic E-state index is 11.5. The minimum atomic E-state index is -0.934. The predicted octanol–water partition coefficient (Wildman–Crippen LogP) is 1.06. The average molecular weight is 270 g/mol. The molecule has 1 aromatic rings. The van der Waals surface area contributed by atoms with Crippen LogP contribution < -0.4 is 10.6 Å². The van der Waals surface area contributed by atoms with Gasteiger partial charge in [0.2, 0.25) is 5.91 Å². The monoisotopic (exact) mass is 270 g/mol. The van der Waals surface area contributed by atoms with E-state index in [1.54, 1.807) is 25.2 Å². The van der Waals surface area contributed by atoms with Crippen LogP contribution in [0.15, 0.2) is 17.5 Å². The fourth-order valence-corrected chi connectivity index (χ4v) is 2.12. The topological polar surface area (TPSA) is 78.4 Å². The first-order chi connectivity index (χ1) is 8.50. The summed E-state index contributed by atoms with van der Waals surface area (Å²) in [5.74, 6) is -1.20. The van der Waals surface area contributed by atoms with E-state index in [-0.39, 0.29) is 18.4 Å². The lowest BCUT2D eigenvalue weighted by Gasteiger charge is -2.17. The van der Waals surface area contributed by atoms with Crippen LogP contribution in [0.3, 0.4) is 0 Å². The van der Waals surface area contributed by atoms with E-state index in [4.69, 9.17) is 5.11 Å². The van der Waals surface area contributed by atoms with Crippen LogP contribution in [0.25, 0.3) is 0 Å². The van der Waals surface area contributed by atoms with Crippen molar-refractivity contribution in [2.24, 2.45) is 5.92 Å². The van der Waals surface area contributed by atoms with E-state index in [9.17, 15) is 9.59 Å². The van der Waals surface area contributed by atoms with Gasteiger partial charge in [-0.05, 0) is 17.4 Å². The molecule has 3 N–H and O–H groups in total. The van der Waals surface area contributed by atoms with Crippen LogP contribution in [0.5, 0.6) is 0 Å². The summed E-state index contributed by atoms with van der Waals surface area (Å²) < 4.78 is 0. The molecule has 1 unspecified atom stereocenters. The second kappa shape index (κ2) is 7.13. The smallest absolute Gasteiger partial charge is 0.320 e. The van der Waals surface area contributed by atoms with Gasteiger partial charge < -0.3 is 10.4 Å². The Morgan fingerprint density at radius 1 is 1.44 bits per heavy atom. The zero-order valence-electron chi connectivity index (χ0n) is 10.5. The van der Waals surface area contributed by atoms with Gasteiger partial charge in [-0.1, -0.05) is 19.9 Å². The maximum Gasteiger partial charge on any atom is 0.320 e. The van der Waals surface area contributed by atoms with Crippen LogP contribution in [0.1, 0.15) is 18.7 Å². The molecule has 0 saturated carbocycles. The molecule has 18 heavy (non-hydrogen) atoms. The van der Waals surface area contributed by atoms with Gasteiger partial charge in [-0.3, -0.25) is 14.9 Å². The standard InChI is InChI=1S/C12H18N2O3S/c1-8(2)11(12(16)17)14-7-10(15)13-6-9-4-3-5-18-9/h3-5,8,11,14H,6-7H2,1-2H3,(H,13,15)(H,16,17). The van der Waals surface area contributed by atoms with Crippen LogP contribution in [0, 0.1) is 5.92 Å². The molecule has 0 saturated heterocycles. The number of hydrogen-bond acceptors (Lipinski definition) is 4.